The van der Waals surface area contributed by atoms with Gasteiger partial charge in [-0.05, 0) is 0 Å². The molecule has 0 bridgehead atoms. The van der Waals surface area contributed by atoms with Crippen LogP contribution >= 0.6 is 0 Å². The molecule has 0 heterocycles. The molecule has 0 saturated carbocycles. The molecule has 0 saturated heterocycles. The van der Waals surface area contributed by atoms with Gasteiger partial charge < -0.3 is 27.4 Å². The molecule has 0 rings (SSSR count). The van der Waals surface area contributed by atoms with E-state index in [1.165, 1.54) is 0 Å². The zero-order valence-electron chi connectivity index (χ0n) is 3.19. The SMILES string of the molecule is [La+3].[Mn+2].[OH-].[OH-].[OH-].[OH-].[OH-]. The fourth-order valence-corrected chi connectivity index (χ4v) is 0. The van der Waals surface area contributed by atoms with Crippen molar-refractivity contribution in [2.24, 2.45) is 0 Å². The zero-order valence-corrected chi connectivity index (χ0v) is 8.00. The average Bonchev–Trinajstić information content (AvgIpc) is 0. The predicted molar refractivity (Wildman–Crippen MR) is 9.68 cm³/mol. The first-order valence-corrected chi connectivity index (χ1v) is 0. The van der Waals surface area contributed by atoms with Crippen LogP contribution in [-0.2, 0) is 17.1 Å². The van der Waals surface area contributed by atoms with Crippen molar-refractivity contribution < 1.29 is 80.0 Å². The fourth-order valence-electron chi connectivity index (χ4n) is 0. The van der Waals surface area contributed by atoms with Gasteiger partial charge in [0.15, 0.2) is 0 Å². The standard InChI is InChI=1S/La.Mn.5H2O/h;;5*1H2/q+3;+2;;;;;/p-5. The van der Waals surface area contributed by atoms with E-state index in [0.29, 0.717) is 0 Å². The second kappa shape index (κ2) is 139. The summed E-state index contributed by atoms with van der Waals surface area (Å²) >= 11 is 0. The number of hydrogen-bond donors (Lipinski definition) is 0. The molecular weight excluding hydrogens is 274 g/mol. The van der Waals surface area contributed by atoms with Crippen molar-refractivity contribution in [3.05, 3.63) is 0 Å². The smallest absolute Gasteiger partial charge is 0.870 e. The summed E-state index contributed by atoms with van der Waals surface area (Å²) < 4.78 is 0. The van der Waals surface area contributed by atoms with Crippen LogP contribution < -0.4 is 0 Å². The van der Waals surface area contributed by atoms with Gasteiger partial charge in [-0.3, -0.25) is 0 Å². The van der Waals surface area contributed by atoms with Gasteiger partial charge in [0.1, 0.15) is 0 Å². The van der Waals surface area contributed by atoms with E-state index in [9.17, 15) is 0 Å². The molecule has 45 valence electrons. The maximum absolute atomic E-state index is 0. The topological polar surface area (TPSA) is 150 Å². The van der Waals surface area contributed by atoms with Gasteiger partial charge >= 0.3 is 52.7 Å². The van der Waals surface area contributed by atoms with E-state index in [0.717, 1.165) is 0 Å². The van der Waals surface area contributed by atoms with Gasteiger partial charge in [-0.2, -0.15) is 0 Å². The van der Waals surface area contributed by atoms with Crippen LogP contribution in [0, 0.1) is 35.6 Å². The van der Waals surface area contributed by atoms with Gasteiger partial charge in [-0.25, -0.2) is 0 Å². The Morgan fingerprint density at radius 2 is 0.429 bits per heavy atom. The Balaban J connectivity index is 0. The molecule has 0 aromatic heterocycles. The summed E-state index contributed by atoms with van der Waals surface area (Å²) in [6.45, 7) is 0. The van der Waals surface area contributed by atoms with Crippen molar-refractivity contribution >= 4 is 0 Å². The van der Waals surface area contributed by atoms with Crippen LogP contribution in [0.2, 0.25) is 0 Å². The number of rotatable bonds is 0. The molecule has 7 heteroatoms. The van der Waals surface area contributed by atoms with E-state index in [1.54, 1.807) is 0 Å². The van der Waals surface area contributed by atoms with Gasteiger partial charge in [-0.15, -0.1) is 0 Å². The molecule has 0 atom stereocenters. The van der Waals surface area contributed by atoms with Crippen LogP contribution in [-0.4, -0.2) is 27.4 Å². The summed E-state index contributed by atoms with van der Waals surface area (Å²) in [5.74, 6) is 0. The minimum atomic E-state index is 0. The van der Waals surface area contributed by atoms with Gasteiger partial charge in [0.05, 0.1) is 0 Å². The summed E-state index contributed by atoms with van der Waals surface area (Å²) in [4.78, 5) is 0. The van der Waals surface area contributed by atoms with Crippen molar-refractivity contribution in [1.82, 2.24) is 0 Å². The maximum atomic E-state index is 0. The van der Waals surface area contributed by atoms with Crippen molar-refractivity contribution in [3.63, 3.8) is 0 Å². The van der Waals surface area contributed by atoms with Crippen molar-refractivity contribution in [3.8, 4) is 0 Å². The Hall–Kier alpha value is 1.51. The second-order valence-electron chi connectivity index (χ2n) is 0. The molecule has 0 fully saturated rings. The summed E-state index contributed by atoms with van der Waals surface area (Å²) in [6, 6.07) is 0. The third-order valence-corrected chi connectivity index (χ3v) is 0. The maximum Gasteiger partial charge on any atom is 3.00 e. The molecular formula is H5LaMnO5. The molecule has 0 aromatic carbocycles. The Kier molecular flexibility index (Phi) is 4170. The molecule has 0 aromatic rings. The van der Waals surface area contributed by atoms with Crippen molar-refractivity contribution in [1.29, 1.82) is 0 Å². The molecule has 5 N–H and O–H groups in total. The van der Waals surface area contributed by atoms with Crippen LogP contribution in [0.15, 0.2) is 0 Å². The van der Waals surface area contributed by atoms with Gasteiger partial charge in [0.2, 0.25) is 0 Å². The summed E-state index contributed by atoms with van der Waals surface area (Å²) in [5, 5.41) is 0. The van der Waals surface area contributed by atoms with Crippen LogP contribution in [0.5, 0.6) is 0 Å². The Morgan fingerprint density at radius 1 is 0.429 bits per heavy atom. The van der Waals surface area contributed by atoms with Gasteiger partial charge in [-0.1, -0.05) is 0 Å². The van der Waals surface area contributed by atoms with Crippen LogP contribution in [0.1, 0.15) is 0 Å². The quantitative estimate of drug-likeness (QED) is 0.527. The molecule has 0 aliphatic carbocycles. The van der Waals surface area contributed by atoms with Gasteiger partial charge in [0.25, 0.3) is 0 Å². The molecule has 1 radical (unpaired) electrons. The largest absolute Gasteiger partial charge is 3.00 e. The summed E-state index contributed by atoms with van der Waals surface area (Å²) in [6.07, 6.45) is 0. The van der Waals surface area contributed by atoms with Crippen LogP contribution in [0.3, 0.4) is 0 Å². The Labute approximate surface area is 79.5 Å². The van der Waals surface area contributed by atoms with E-state index in [-0.39, 0.29) is 80.0 Å². The predicted octanol–water partition coefficient (Wildman–Crippen LogP) is -0.886. The van der Waals surface area contributed by atoms with E-state index in [1.807, 2.05) is 0 Å². The minimum absolute atomic E-state index is 0. The first-order valence-electron chi connectivity index (χ1n) is 0. The summed E-state index contributed by atoms with van der Waals surface area (Å²) in [5.41, 5.74) is 0. The van der Waals surface area contributed by atoms with Crippen molar-refractivity contribution in [2.75, 3.05) is 0 Å². The van der Waals surface area contributed by atoms with E-state index in [2.05, 4.69) is 0 Å². The first kappa shape index (κ1) is 210. The van der Waals surface area contributed by atoms with E-state index in [4.69, 9.17) is 0 Å². The van der Waals surface area contributed by atoms with Crippen LogP contribution in [0.4, 0.5) is 0 Å². The van der Waals surface area contributed by atoms with Gasteiger partial charge in [0, 0.05) is 0 Å². The monoisotopic (exact) mass is 279 g/mol. The summed E-state index contributed by atoms with van der Waals surface area (Å²) in [7, 11) is 0. The molecule has 0 aliphatic heterocycles. The Morgan fingerprint density at radius 3 is 0.429 bits per heavy atom. The van der Waals surface area contributed by atoms with E-state index >= 15 is 0 Å². The fraction of sp³-hybridized carbons (Fsp3) is 0. The second-order valence-corrected chi connectivity index (χ2v) is 0. The average molecular weight is 279 g/mol. The van der Waals surface area contributed by atoms with Crippen molar-refractivity contribution in [2.45, 2.75) is 0 Å². The normalized spacial score (nSPS) is 0. The van der Waals surface area contributed by atoms with E-state index < -0.39 is 0 Å². The molecule has 5 nitrogen and oxygen atoms in total. The molecule has 0 spiro atoms. The zero-order chi connectivity index (χ0) is 0. The third kappa shape index (κ3) is 99.6. The molecule has 0 amide bonds. The number of hydrogen-bond acceptors (Lipinski definition) is 5. The minimum Gasteiger partial charge on any atom is -0.870 e. The van der Waals surface area contributed by atoms with Crippen LogP contribution in [0.25, 0.3) is 0 Å². The first-order chi connectivity index (χ1) is 0. The molecule has 7 heavy (non-hydrogen) atoms. The molecule has 0 aliphatic rings. The Bertz CT molecular complexity index is 8.04. The molecule has 0 unspecified atom stereocenters. The third-order valence-electron chi connectivity index (χ3n) is 0.